The molecule has 1 N–H and O–H groups in total. The van der Waals surface area contributed by atoms with Crippen molar-refractivity contribution in [1.29, 1.82) is 0 Å². The van der Waals surface area contributed by atoms with Crippen molar-refractivity contribution in [2.45, 2.75) is 13.0 Å². The quantitative estimate of drug-likeness (QED) is 0.298. The third-order valence-electron chi connectivity index (χ3n) is 5.28. The molecule has 0 bridgehead atoms. The lowest BCUT2D eigenvalue weighted by atomic mass is 10.1. The fourth-order valence-electron chi connectivity index (χ4n) is 3.60. The van der Waals surface area contributed by atoms with E-state index in [1.54, 1.807) is 54.7 Å². The Kier molecular flexibility index (Phi) is 6.08. The SMILES string of the molecule is O=C(Nc1nn(Cc2ccccc2F)cc1Br)c1cnn2c(C(F)F)cc(-c3ccccc3)nc12. The van der Waals surface area contributed by atoms with Crippen LogP contribution in [0.5, 0.6) is 0 Å². The van der Waals surface area contributed by atoms with Crippen molar-refractivity contribution in [2.24, 2.45) is 0 Å². The molecular formula is C24H16BrF3N6O. The van der Waals surface area contributed by atoms with Gasteiger partial charge in [-0.3, -0.25) is 9.48 Å². The molecule has 0 aliphatic carbocycles. The predicted molar refractivity (Wildman–Crippen MR) is 127 cm³/mol. The lowest BCUT2D eigenvalue weighted by Crippen LogP contribution is -2.14. The Morgan fingerprint density at radius 3 is 2.57 bits per heavy atom. The van der Waals surface area contributed by atoms with Crippen molar-refractivity contribution < 1.29 is 18.0 Å². The first-order valence-corrected chi connectivity index (χ1v) is 11.2. The minimum absolute atomic E-state index is 0.000218. The van der Waals surface area contributed by atoms with Crippen LogP contribution in [0.15, 0.2) is 77.5 Å². The fraction of sp³-hybridized carbons (Fsp3) is 0.0833. The van der Waals surface area contributed by atoms with E-state index in [0.29, 0.717) is 21.3 Å². The zero-order chi connectivity index (χ0) is 24.5. The number of carbonyl (C=O) groups is 1. The number of nitrogens with zero attached hydrogens (tertiary/aromatic N) is 5. The first-order valence-electron chi connectivity index (χ1n) is 10.4. The number of carbonyl (C=O) groups excluding carboxylic acids is 1. The zero-order valence-electron chi connectivity index (χ0n) is 17.9. The Labute approximate surface area is 205 Å². The summed E-state index contributed by atoms with van der Waals surface area (Å²) in [6, 6.07) is 16.4. The predicted octanol–water partition coefficient (Wildman–Crippen LogP) is 5.73. The van der Waals surface area contributed by atoms with Crippen molar-refractivity contribution in [3.8, 4) is 11.3 Å². The van der Waals surface area contributed by atoms with Crippen molar-refractivity contribution in [2.75, 3.05) is 5.32 Å². The average Bonchev–Trinajstić information content (AvgIpc) is 3.43. The van der Waals surface area contributed by atoms with Gasteiger partial charge in [-0.25, -0.2) is 22.7 Å². The Balaban J connectivity index is 1.47. The summed E-state index contributed by atoms with van der Waals surface area (Å²) in [5, 5.41) is 10.9. The number of halogens is 4. The highest BCUT2D eigenvalue weighted by Crippen LogP contribution is 2.28. The summed E-state index contributed by atoms with van der Waals surface area (Å²) in [6.07, 6.45) is -0.0523. The van der Waals surface area contributed by atoms with Crippen LogP contribution in [-0.2, 0) is 6.54 Å². The summed E-state index contributed by atoms with van der Waals surface area (Å²) in [5.41, 5.74) is 0.946. The smallest absolute Gasteiger partial charge is 0.280 e. The van der Waals surface area contributed by atoms with Gasteiger partial charge in [0, 0.05) is 17.3 Å². The normalized spacial score (nSPS) is 11.3. The Bertz CT molecular complexity index is 1530. The van der Waals surface area contributed by atoms with Gasteiger partial charge in [0.1, 0.15) is 17.1 Å². The van der Waals surface area contributed by atoms with E-state index in [0.717, 1.165) is 4.52 Å². The van der Waals surface area contributed by atoms with Gasteiger partial charge in [-0.2, -0.15) is 10.2 Å². The molecule has 5 aromatic rings. The van der Waals surface area contributed by atoms with E-state index in [2.05, 4.69) is 36.4 Å². The standard InChI is InChI=1S/C24H16BrF3N6O/c25-17-13-33(12-15-8-4-5-9-18(15)26)32-22(17)31-24(35)16-11-29-34-20(21(27)28)10-19(30-23(16)34)14-6-2-1-3-7-14/h1-11,13,21H,12H2,(H,31,32,35). The summed E-state index contributed by atoms with van der Waals surface area (Å²) in [6.45, 7) is 0.150. The summed E-state index contributed by atoms with van der Waals surface area (Å²) >= 11 is 3.34. The van der Waals surface area contributed by atoms with Gasteiger partial charge in [0.2, 0.25) is 0 Å². The van der Waals surface area contributed by atoms with Crippen LogP contribution in [-0.4, -0.2) is 30.3 Å². The molecule has 11 heteroatoms. The van der Waals surface area contributed by atoms with Crippen LogP contribution in [0.2, 0.25) is 0 Å². The van der Waals surface area contributed by atoms with Gasteiger partial charge in [0.05, 0.1) is 22.9 Å². The Hall–Kier alpha value is -3.99. The number of benzene rings is 2. The summed E-state index contributed by atoms with van der Waals surface area (Å²) in [7, 11) is 0. The van der Waals surface area contributed by atoms with Gasteiger partial charge >= 0.3 is 0 Å². The van der Waals surface area contributed by atoms with E-state index < -0.39 is 12.3 Å². The molecule has 0 aliphatic rings. The second-order valence-electron chi connectivity index (χ2n) is 7.60. The first kappa shape index (κ1) is 22.8. The van der Waals surface area contributed by atoms with Gasteiger partial charge in [0.15, 0.2) is 11.5 Å². The average molecular weight is 541 g/mol. The Morgan fingerprint density at radius 2 is 1.83 bits per heavy atom. The molecule has 0 saturated heterocycles. The topological polar surface area (TPSA) is 77.1 Å². The van der Waals surface area contributed by atoms with Crippen molar-refractivity contribution in [3.05, 3.63) is 100 Å². The van der Waals surface area contributed by atoms with Crippen LogP contribution >= 0.6 is 15.9 Å². The van der Waals surface area contributed by atoms with Gasteiger partial charge < -0.3 is 5.32 Å². The molecule has 35 heavy (non-hydrogen) atoms. The van der Waals surface area contributed by atoms with Crippen LogP contribution < -0.4 is 5.32 Å². The number of hydrogen-bond acceptors (Lipinski definition) is 4. The largest absolute Gasteiger partial charge is 0.304 e. The van der Waals surface area contributed by atoms with Crippen molar-refractivity contribution in [1.82, 2.24) is 24.4 Å². The number of anilines is 1. The van der Waals surface area contributed by atoms with E-state index in [-0.39, 0.29) is 35.1 Å². The number of amides is 1. The summed E-state index contributed by atoms with van der Waals surface area (Å²) < 4.78 is 44.4. The number of fused-ring (bicyclic) bond motifs is 1. The molecular weight excluding hydrogens is 525 g/mol. The molecule has 5 rings (SSSR count). The molecule has 2 aromatic carbocycles. The lowest BCUT2D eigenvalue weighted by Gasteiger charge is -2.08. The minimum atomic E-state index is -2.83. The number of hydrogen-bond donors (Lipinski definition) is 1. The third kappa shape index (κ3) is 4.54. The molecule has 1 amide bonds. The highest BCUT2D eigenvalue weighted by atomic mass is 79.9. The number of alkyl halides is 2. The molecule has 0 aliphatic heterocycles. The van der Waals surface area contributed by atoms with E-state index >= 15 is 0 Å². The van der Waals surface area contributed by atoms with Crippen molar-refractivity contribution in [3.63, 3.8) is 0 Å². The molecule has 0 unspecified atom stereocenters. The zero-order valence-corrected chi connectivity index (χ0v) is 19.5. The van der Waals surface area contributed by atoms with Crippen LogP contribution in [0.3, 0.4) is 0 Å². The summed E-state index contributed by atoms with van der Waals surface area (Å²) in [5.74, 6) is -0.819. The molecule has 176 valence electrons. The van der Waals surface area contributed by atoms with E-state index in [1.807, 2.05) is 0 Å². The first-order chi connectivity index (χ1) is 16.9. The number of rotatable bonds is 6. The molecule has 3 heterocycles. The maximum atomic E-state index is 14.0. The van der Waals surface area contributed by atoms with Crippen LogP contribution in [0.1, 0.15) is 28.0 Å². The molecule has 0 radical (unpaired) electrons. The van der Waals surface area contributed by atoms with E-state index in [1.165, 1.54) is 23.0 Å². The van der Waals surface area contributed by atoms with E-state index in [9.17, 15) is 18.0 Å². The molecule has 7 nitrogen and oxygen atoms in total. The van der Waals surface area contributed by atoms with Crippen LogP contribution in [0.25, 0.3) is 16.9 Å². The van der Waals surface area contributed by atoms with Crippen LogP contribution in [0, 0.1) is 5.82 Å². The summed E-state index contributed by atoms with van der Waals surface area (Å²) in [4.78, 5) is 17.5. The second kappa shape index (κ2) is 9.34. The third-order valence-corrected chi connectivity index (χ3v) is 5.86. The van der Waals surface area contributed by atoms with Gasteiger partial charge in [0.25, 0.3) is 12.3 Å². The number of aromatic nitrogens is 5. The molecule has 0 fully saturated rings. The number of nitrogens with one attached hydrogen (secondary N) is 1. The van der Waals surface area contributed by atoms with E-state index in [4.69, 9.17) is 0 Å². The fourth-order valence-corrected chi connectivity index (χ4v) is 4.01. The maximum absolute atomic E-state index is 14.0. The highest BCUT2D eigenvalue weighted by Gasteiger charge is 2.22. The Morgan fingerprint density at radius 1 is 1.09 bits per heavy atom. The van der Waals surface area contributed by atoms with Gasteiger partial charge in [-0.15, -0.1) is 0 Å². The van der Waals surface area contributed by atoms with Gasteiger partial charge in [-0.05, 0) is 28.1 Å². The molecule has 0 saturated carbocycles. The van der Waals surface area contributed by atoms with Crippen molar-refractivity contribution >= 4 is 33.3 Å². The monoisotopic (exact) mass is 540 g/mol. The molecule has 0 spiro atoms. The van der Waals surface area contributed by atoms with Crippen LogP contribution in [0.4, 0.5) is 19.0 Å². The molecule has 3 aromatic heterocycles. The van der Waals surface area contributed by atoms with Gasteiger partial charge in [-0.1, -0.05) is 48.5 Å². The molecule has 0 atom stereocenters. The maximum Gasteiger partial charge on any atom is 0.280 e. The second-order valence-corrected chi connectivity index (χ2v) is 8.45. The highest BCUT2D eigenvalue weighted by molar-refractivity contribution is 9.10. The minimum Gasteiger partial charge on any atom is -0.304 e. The lowest BCUT2D eigenvalue weighted by molar-refractivity contribution is 0.102.